The number of carbonyl (C=O) groups is 2. The Bertz CT molecular complexity index is 2960. The molecule has 4 aromatic carbocycles. The normalized spacial score (nSPS) is 15.8. The summed E-state index contributed by atoms with van der Waals surface area (Å²) in [5, 5.41) is 7.81. The number of nitrogens with zero attached hydrogens (tertiary/aromatic N) is 2. The fraction of sp³-hybridized carbons (Fsp3) is 0.0588. The van der Waals surface area contributed by atoms with E-state index in [0.717, 1.165) is 36.4 Å². The van der Waals surface area contributed by atoms with Gasteiger partial charge in [-0.05, 0) is 82.9 Å². The lowest BCUT2D eigenvalue weighted by molar-refractivity contribution is 0.105. The minimum absolute atomic E-state index is 0.0778. The van der Waals surface area contributed by atoms with E-state index < -0.39 is 94.4 Å². The van der Waals surface area contributed by atoms with Crippen LogP contribution in [0.3, 0.4) is 0 Å². The molecule has 0 saturated carbocycles. The molecular formula is C34H28N6O16S4. The van der Waals surface area contributed by atoms with Crippen LogP contribution in [0, 0.1) is 0 Å². The summed E-state index contributed by atoms with van der Waals surface area (Å²) < 4.78 is 146. The summed E-state index contributed by atoms with van der Waals surface area (Å²) in [6.07, 6.45) is 1.51. The number of benzene rings is 4. The Morgan fingerprint density at radius 1 is 0.533 bits per heavy atom. The second-order valence-corrected chi connectivity index (χ2v) is 18.1. The number of Topliss-reactive ketones (excluding diaryl/α,β-unsaturated/α-hetero) is 2. The Hall–Kier alpha value is -6.52. The van der Waals surface area contributed by atoms with Gasteiger partial charge in [0.15, 0.2) is 11.4 Å². The zero-order valence-electron chi connectivity index (χ0n) is 30.3. The van der Waals surface area contributed by atoms with Crippen molar-refractivity contribution in [1.29, 1.82) is 0 Å². The van der Waals surface area contributed by atoms with Gasteiger partial charge in [0.1, 0.15) is 21.3 Å². The molecule has 60 heavy (non-hydrogen) atoms. The van der Waals surface area contributed by atoms with Crippen molar-refractivity contribution < 1.29 is 70.9 Å². The van der Waals surface area contributed by atoms with E-state index in [4.69, 9.17) is 20.9 Å². The van der Waals surface area contributed by atoms with Crippen molar-refractivity contribution in [2.24, 2.45) is 10.2 Å². The molecule has 314 valence electrons. The van der Waals surface area contributed by atoms with Gasteiger partial charge >= 0.3 is 0 Å². The lowest BCUT2D eigenvalue weighted by Crippen LogP contribution is -2.28. The van der Waals surface area contributed by atoms with E-state index in [9.17, 15) is 61.5 Å². The van der Waals surface area contributed by atoms with Crippen molar-refractivity contribution in [2.45, 2.75) is 9.79 Å². The van der Waals surface area contributed by atoms with Gasteiger partial charge in [-0.25, -0.2) is 0 Å². The van der Waals surface area contributed by atoms with Crippen LogP contribution >= 0.6 is 0 Å². The second-order valence-electron chi connectivity index (χ2n) is 12.5. The smallest absolute Gasteiger partial charge is 0.296 e. The minimum Gasteiger partial charge on any atom is -0.494 e. The number of anilines is 4. The van der Waals surface area contributed by atoms with Crippen LogP contribution in [-0.4, -0.2) is 89.1 Å². The Morgan fingerprint density at radius 3 is 1.18 bits per heavy atom. The van der Waals surface area contributed by atoms with E-state index in [2.05, 4.69) is 21.1 Å². The number of nitrogens with one attached hydrogen (secondary N) is 2. The van der Waals surface area contributed by atoms with Gasteiger partial charge in [0, 0.05) is 11.4 Å². The topological polar surface area (TPSA) is 371 Å². The van der Waals surface area contributed by atoms with Gasteiger partial charge in [-0.1, -0.05) is 12.1 Å². The van der Waals surface area contributed by atoms with E-state index in [1.807, 2.05) is 0 Å². The highest BCUT2D eigenvalue weighted by molar-refractivity contribution is 7.91. The number of nitrogen functional groups attached to an aromatic ring is 2. The van der Waals surface area contributed by atoms with E-state index in [0.29, 0.717) is 11.1 Å². The summed E-state index contributed by atoms with van der Waals surface area (Å²) in [6, 6.07) is 12.1. The molecule has 0 spiro atoms. The Balaban J connectivity index is 1.31. The number of nitrogens with two attached hydrogens (primary N) is 2. The number of fused-ring (bicyclic) bond motifs is 2. The molecule has 10 N–H and O–H groups in total. The number of rotatable bonds is 11. The maximum absolute atomic E-state index is 13.5. The summed E-state index contributed by atoms with van der Waals surface area (Å²) in [4.78, 5) is 23.4. The molecule has 26 heteroatoms. The molecule has 22 nitrogen and oxygen atoms in total. The Kier molecular flexibility index (Phi) is 11.0. The molecule has 0 aromatic heterocycles. The predicted molar refractivity (Wildman–Crippen MR) is 216 cm³/mol. The molecule has 0 fully saturated rings. The number of allylic oxidation sites excluding steroid dienone is 2. The summed E-state index contributed by atoms with van der Waals surface area (Å²) in [5.74, 6) is -2.05. The molecule has 0 saturated heterocycles. The fourth-order valence-electron chi connectivity index (χ4n) is 6.01. The SMILES string of the molecule is COc1cc(-c2ccc(N/N=C3\C(=O)c4c(N)cc(S(=O)(=O)O)cc4C=C3S(=O)(=O)O)c(OC)c2)ccc1N/N=C1\C(=O)c2c(N)cc(S(=O)(=O)O)cc2C=C1S(=O)(=O)O. The van der Waals surface area contributed by atoms with Gasteiger partial charge in [0.25, 0.3) is 40.5 Å². The average Bonchev–Trinajstić information content (AvgIpc) is 3.14. The number of methoxy groups -OCH3 is 2. The minimum atomic E-state index is -5.15. The van der Waals surface area contributed by atoms with Crippen LogP contribution in [-0.2, 0) is 40.5 Å². The first-order chi connectivity index (χ1) is 27.8. The molecule has 6 rings (SSSR count). The van der Waals surface area contributed by atoms with Crippen molar-refractivity contribution in [3.63, 3.8) is 0 Å². The zero-order chi connectivity index (χ0) is 44.3. The van der Waals surface area contributed by atoms with Crippen LogP contribution in [0.15, 0.2) is 90.5 Å². The van der Waals surface area contributed by atoms with Crippen LogP contribution in [0.4, 0.5) is 22.7 Å². The molecule has 0 aliphatic heterocycles. The van der Waals surface area contributed by atoms with Gasteiger partial charge in [0.2, 0.25) is 11.6 Å². The molecule has 0 bridgehead atoms. The molecule has 0 amide bonds. The monoisotopic (exact) mass is 904 g/mol. The van der Waals surface area contributed by atoms with Crippen molar-refractivity contribution in [2.75, 3.05) is 36.5 Å². The highest BCUT2D eigenvalue weighted by Crippen LogP contribution is 2.37. The molecule has 0 radical (unpaired) electrons. The van der Waals surface area contributed by atoms with Crippen LogP contribution in [0.1, 0.15) is 31.8 Å². The number of hydrazone groups is 2. The quantitative estimate of drug-likeness (QED) is 0.0609. The first kappa shape index (κ1) is 43.1. The van der Waals surface area contributed by atoms with Crippen LogP contribution in [0.25, 0.3) is 23.3 Å². The first-order valence-corrected chi connectivity index (χ1v) is 21.9. The van der Waals surface area contributed by atoms with E-state index in [1.165, 1.54) is 38.5 Å². The first-order valence-electron chi connectivity index (χ1n) is 16.2. The number of hydrogen-bond donors (Lipinski definition) is 8. The third-order valence-electron chi connectivity index (χ3n) is 8.73. The second kappa shape index (κ2) is 15.3. The highest BCUT2D eigenvalue weighted by Gasteiger charge is 2.37. The molecule has 2 aliphatic carbocycles. The maximum Gasteiger partial charge on any atom is 0.296 e. The summed E-state index contributed by atoms with van der Waals surface area (Å²) in [7, 11) is -17.4. The Labute approximate surface area is 339 Å². The van der Waals surface area contributed by atoms with Gasteiger partial charge in [-0.2, -0.15) is 43.9 Å². The average molecular weight is 905 g/mol. The van der Waals surface area contributed by atoms with Gasteiger partial charge in [0.05, 0.1) is 46.5 Å². The van der Waals surface area contributed by atoms with Crippen LogP contribution < -0.4 is 31.8 Å². The summed E-state index contributed by atoms with van der Waals surface area (Å²) in [5.41, 5.74) is 14.0. The van der Waals surface area contributed by atoms with Crippen molar-refractivity contribution >= 4 is 98.4 Å². The summed E-state index contributed by atoms with van der Waals surface area (Å²) in [6.45, 7) is 0. The standard InChI is InChI=1S/C34H28N6O16S4/c1-55-25-9-15(3-5-23(25)37-39-31-27(59(49,50)51)11-17-7-19(57(43,44)45)13-21(35)29(17)33(31)41)16-4-6-24(26(10-16)56-2)38-40-32-28(60(52,53)54)12-18-8-20(58(46,47)48)14-22(36)30(18)34(32)42/h3-14,37-38H,35-36H2,1-2H3,(H,43,44,45)(H,46,47,48)(H,49,50,51)(H,52,53,54)/b39-31-,40-32-. The highest BCUT2D eigenvalue weighted by atomic mass is 32.2. The van der Waals surface area contributed by atoms with Crippen molar-refractivity contribution in [3.05, 3.63) is 92.7 Å². The van der Waals surface area contributed by atoms with Gasteiger partial charge < -0.3 is 20.9 Å². The maximum atomic E-state index is 13.5. The predicted octanol–water partition coefficient (Wildman–Crippen LogP) is 2.81. The van der Waals surface area contributed by atoms with Crippen molar-refractivity contribution in [3.8, 4) is 22.6 Å². The molecule has 4 aromatic rings. The third-order valence-corrected chi connectivity index (χ3v) is 12.1. The number of ketones is 2. The molecule has 0 atom stereocenters. The molecule has 0 unspecified atom stereocenters. The Morgan fingerprint density at radius 2 is 0.883 bits per heavy atom. The molecular weight excluding hydrogens is 877 g/mol. The number of carbonyl (C=O) groups excluding carboxylic acids is 2. The van der Waals surface area contributed by atoms with Crippen LogP contribution in [0.2, 0.25) is 0 Å². The number of hydrogen-bond acceptors (Lipinski definition) is 18. The lowest BCUT2D eigenvalue weighted by atomic mass is 9.93. The lowest BCUT2D eigenvalue weighted by Gasteiger charge is -2.19. The largest absolute Gasteiger partial charge is 0.494 e. The van der Waals surface area contributed by atoms with Gasteiger partial charge in [-0.3, -0.25) is 38.7 Å². The van der Waals surface area contributed by atoms with Gasteiger partial charge in [-0.15, -0.1) is 0 Å². The van der Waals surface area contributed by atoms with Crippen LogP contribution in [0.5, 0.6) is 11.5 Å². The molecule has 0 heterocycles. The third kappa shape index (κ3) is 8.33. The van der Waals surface area contributed by atoms with E-state index >= 15 is 0 Å². The number of ether oxygens (including phenoxy) is 2. The molecule has 2 aliphatic rings. The summed E-state index contributed by atoms with van der Waals surface area (Å²) >= 11 is 0. The fourth-order valence-corrected chi connectivity index (χ4v) is 8.43. The van der Waals surface area contributed by atoms with E-state index in [1.54, 1.807) is 12.1 Å². The van der Waals surface area contributed by atoms with E-state index in [-0.39, 0.29) is 45.1 Å². The zero-order valence-corrected chi connectivity index (χ0v) is 33.6. The van der Waals surface area contributed by atoms with Crippen molar-refractivity contribution in [1.82, 2.24) is 0 Å².